The van der Waals surface area contributed by atoms with Crippen LogP contribution in [0.3, 0.4) is 0 Å². The second-order valence-corrected chi connectivity index (χ2v) is 3.50. The number of nitrogens with one attached hydrogen (secondary N) is 1. The van der Waals surface area contributed by atoms with E-state index in [-0.39, 0.29) is 18.4 Å². The lowest BCUT2D eigenvalue weighted by atomic mass is 10.1. The van der Waals surface area contributed by atoms with Gasteiger partial charge in [0.25, 0.3) is 0 Å². The summed E-state index contributed by atoms with van der Waals surface area (Å²) in [4.78, 5) is 21.9. The molecule has 82 valence electrons. The first kappa shape index (κ1) is 12.9. The molecule has 2 atom stereocenters. The average molecular weight is 201 g/mol. The molecule has 0 bridgehead atoms. The first-order valence-corrected chi connectivity index (χ1v) is 5.03. The number of rotatable bonds is 6. The van der Waals surface area contributed by atoms with Crippen molar-refractivity contribution in [2.75, 3.05) is 6.54 Å². The lowest BCUT2D eigenvalue weighted by molar-refractivity contribution is -0.141. The van der Waals surface area contributed by atoms with E-state index in [4.69, 9.17) is 5.11 Å². The maximum absolute atomic E-state index is 11.3. The maximum Gasteiger partial charge on any atom is 0.308 e. The van der Waals surface area contributed by atoms with E-state index < -0.39 is 11.9 Å². The molecule has 1 amide bonds. The van der Waals surface area contributed by atoms with Crippen LogP contribution in [0.5, 0.6) is 0 Å². The van der Waals surface area contributed by atoms with Crippen LogP contribution < -0.4 is 5.32 Å². The fourth-order valence-electron chi connectivity index (χ4n) is 0.990. The highest BCUT2D eigenvalue weighted by Crippen LogP contribution is 2.03. The van der Waals surface area contributed by atoms with E-state index in [1.807, 2.05) is 13.8 Å². The number of carbonyl (C=O) groups excluding carboxylic acids is 1. The average Bonchev–Trinajstić information content (AvgIpc) is 2.16. The fourth-order valence-corrected chi connectivity index (χ4v) is 0.990. The summed E-state index contributed by atoms with van der Waals surface area (Å²) < 4.78 is 0. The van der Waals surface area contributed by atoms with E-state index in [1.165, 1.54) is 0 Å². The van der Waals surface area contributed by atoms with Crippen molar-refractivity contribution in [2.45, 2.75) is 33.6 Å². The summed E-state index contributed by atoms with van der Waals surface area (Å²) in [7, 11) is 0. The van der Waals surface area contributed by atoms with Crippen LogP contribution >= 0.6 is 0 Å². The molecular weight excluding hydrogens is 182 g/mol. The van der Waals surface area contributed by atoms with E-state index in [9.17, 15) is 9.59 Å². The van der Waals surface area contributed by atoms with Gasteiger partial charge in [-0.15, -0.1) is 0 Å². The maximum atomic E-state index is 11.3. The monoisotopic (exact) mass is 201 g/mol. The number of aliphatic carboxylic acids is 1. The molecule has 14 heavy (non-hydrogen) atoms. The third-order valence-electron chi connectivity index (χ3n) is 2.42. The topological polar surface area (TPSA) is 66.4 Å². The number of carboxylic acid groups (broad SMARTS) is 1. The van der Waals surface area contributed by atoms with Gasteiger partial charge in [0.15, 0.2) is 0 Å². The number of hydrogen-bond donors (Lipinski definition) is 2. The molecule has 0 heterocycles. The van der Waals surface area contributed by atoms with Crippen molar-refractivity contribution in [3.63, 3.8) is 0 Å². The van der Waals surface area contributed by atoms with Crippen LogP contribution in [0.1, 0.15) is 33.6 Å². The molecule has 2 N–H and O–H groups in total. The molecule has 0 fully saturated rings. The molecule has 4 heteroatoms. The molecule has 0 saturated heterocycles. The highest BCUT2D eigenvalue weighted by molar-refractivity contribution is 5.79. The van der Waals surface area contributed by atoms with Crippen molar-refractivity contribution in [3.05, 3.63) is 0 Å². The standard InChI is InChI=1S/C10H19NO3/c1-4-7(3)9(12)11-6-8(5-2)10(13)14/h7-8H,4-6H2,1-3H3,(H,11,12)(H,13,14). The molecule has 0 rings (SSSR count). The van der Waals surface area contributed by atoms with Crippen LogP contribution in [0.2, 0.25) is 0 Å². The van der Waals surface area contributed by atoms with E-state index in [0.29, 0.717) is 6.42 Å². The Kier molecular flexibility index (Phi) is 5.92. The van der Waals surface area contributed by atoms with Crippen molar-refractivity contribution in [1.82, 2.24) is 5.32 Å². The van der Waals surface area contributed by atoms with Crippen molar-refractivity contribution in [1.29, 1.82) is 0 Å². The predicted octanol–water partition coefficient (Wildman–Crippen LogP) is 1.26. The van der Waals surface area contributed by atoms with Gasteiger partial charge in [-0.3, -0.25) is 9.59 Å². The molecule has 0 radical (unpaired) electrons. The summed E-state index contributed by atoms with van der Waals surface area (Å²) >= 11 is 0. The van der Waals surface area contributed by atoms with Gasteiger partial charge < -0.3 is 10.4 Å². The molecule has 0 saturated carbocycles. The molecule has 0 aromatic carbocycles. The minimum atomic E-state index is -0.850. The summed E-state index contributed by atoms with van der Waals surface area (Å²) in [6.45, 7) is 5.79. The van der Waals surface area contributed by atoms with E-state index in [1.54, 1.807) is 6.92 Å². The number of amides is 1. The second kappa shape index (κ2) is 6.40. The van der Waals surface area contributed by atoms with Gasteiger partial charge in [-0.1, -0.05) is 20.8 Å². The third-order valence-corrected chi connectivity index (χ3v) is 2.42. The summed E-state index contributed by atoms with van der Waals surface area (Å²) in [5.41, 5.74) is 0. The summed E-state index contributed by atoms with van der Waals surface area (Å²) in [5, 5.41) is 11.4. The van der Waals surface area contributed by atoms with Gasteiger partial charge in [0.1, 0.15) is 0 Å². The molecule has 0 aliphatic rings. The Bertz CT molecular complexity index is 204. The van der Waals surface area contributed by atoms with E-state index in [0.717, 1.165) is 6.42 Å². The minimum absolute atomic E-state index is 0.0405. The van der Waals surface area contributed by atoms with Gasteiger partial charge >= 0.3 is 5.97 Å². The molecule has 0 aliphatic heterocycles. The van der Waals surface area contributed by atoms with E-state index in [2.05, 4.69) is 5.32 Å². The number of hydrogen-bond acceptors (Lipinski definition) is 2. The molecule has 0 spiro atoms. The van der Waals surface area contributed by atoms with Crippen LogP contribution in [0.25, 0.3) is 0 Å². The quantitative estimate of drug-likeness (QED) is 0.680. The van der Waals surface area contributed by atoms with Gasteiger partial charge in [0, 0.05) is 12.5 Å². The largest absolute Gasteiger partial charge is 0.481 e. The zero-order chi connectivity index (χ0) is 11.1. The van der Waals surface area contributed by atoms with Crippen molar-refractivity contribution in [3.8, 4) is 0 Å². The predicted molar refractivity (Wildman–Crippen MR) is 53.9 cm³/mol. The van der Waals surface area contributed by atoms with Gasteiger partial charge in [-0.05, 0) is 12.8 Å². The molecule has 0 aromatic rings. The van der Waals surface area contributed by atoms with Gasteiger partial charge in [0.2, 0.25) is 5.91 Å². The van der Waals surface area contributed by atoms with Crippen LogP contribution in [0.4, 0.5) is 0 Å². The van der Waals surface area contributed by atoms with Gasteiger partial charge in [0.05, 0.1) is 5.92 Å². The Morgan fingerprint density at radius 3 is 2.21 bits per heavy atom. The third kappa shape index (κ3) is 4.25. The normalized spacial score (nSPS) is 14.5. The Hall–Kier alpha value is -1.06. The first-order valence-electron chi connectivity index (χ1n) is 5.03. The summed E-state index contributed by atoms with van der Waals surface area (Å²) in [5.74, 6) is -1.42. The zero-order valence-corrected chi connectivity index (χ0v) is 9.04. The second-order valence-electron chi connectivity index (χ2n) is 3.50. The zero-order valence-electron chi connectivity index (χ0n) is 9.04. The Labute approximate surface area is 84.7 Å². The highest BCUT2D eigenvalue weighted by atomic mass is 16.4. The van der Waals surface area contributed by atoms with Crippen LogP contribution in [-0.4, -0.2) is 23.5 Å². The van der Waals surface area contributed by atoms with E-state index >= 15 is 0 Å². The molecule has 0 aliphatic carbocycles. The number of carboxylic acids is 1. The summed E-state index contributed by atoms with van der Waals surface area (Å²) in [6.07, 6.45) is 1.31. The molecular formula is C10H19NO3. The Morgan fingerprint density at radius 2 is 1.86 bits per heavy atom. The van der Waals surface area contributed by atoms with Crippen molar-refractivity contribution in [2.24, 2.45) is 11.8 Å². The van der Waals surface area contributed by atoms with Crippen molar-refractivity contribution < 1.29 is 14.7 Å². The molecule has 4 nitrogen and oxygen atoms in total. The van der Waals surface area contributed by atoms with Crippen molar-refractivity contribution >= 4 is 11.9 Å². The van der Waals surface area contributed by atoms with Gasteiger partial charge in [-0.25, -0.2) is 0 Å². The SMILES string of the molecule is CCC(C)C(=O)NCC(CC)C(=O)O. The lowest BCUT2D eigenvalue weighted by Crippen LogP contribution is -2.35. The van der Waals surface area contributed by atoms with Gasteiger partial charge in [-0.2, -0.15) is 0 Å². The Balaban J connectivity index is 3.91. The summed E-state index contributed by atoms with van der Waals surface area (Å²) in [6, 6.07) is 0. The highest BCUT2D eigenvalue weighted by Gasteiger charge is 2.17. The van der Waals surface area contributed by atoms with Crippen LogP contribution in [-0.2, 0) is 9.59 Å². The fraction of sp³-hybridized carbons (Fsp3) is 0.800. The van der Waals surface area contributed by atoms with Crippen LogP contribution in [0.15, 0.2) is 0 Å². The minimum Gasteiger partial charge on any atom is -0.481 e. The Morgan fingerprint density at radius 1 is 1.29 bits per heavy atom. The lowest BCUT2D eigenvalue weighted by Gasteiger charge is -2.13. The molecule has 0 aromatic heterocycles. The van der Waals surface area contributed by atoms with Crippen LogP contribution in [0, 0.1) is 11.8 Å². The smallest absolute Gasteiger partial charge is 0.308 e. The first-order chi connectivity index (χ1) is 6.52. The number of carbonyl (C=O) groups is 2. The molecule has 2 unspecified atom stereocenters.